The van der Waals surface area contributed by atoms with Crippen molar-refractivity contribution in [2.24, 2.45) is 5.41 Å². The van der Waals surface area contributed by atoms with E-state index in [9.17, 15) is 26.7 Å². The lowest BCUT2D eigenvalue weighted by Crippen LogP contribution is -2.35. The highest BCUT2D eigenvalue weighted by Gasteiger charge is 2.30. The van der Waals surface area contributed by atoms with Crippen LogP contribution in [0.15, 0.2) is 0 Å². The number of rotatable bonds is 5. The fourth-order valence-corrected chi connectivity index (χ4v) is 2.63. The lowest BCUT2D eigenvalue weighted by Gasteiger charge is -2.24. The fraction of sp³-hybridized carbons (Fsp3) is 0.462. The highest BCUT2D eigenvalue weighted by molar-refractivity contribution is 9.09. The van der Waals surface area contributed by atoms with E-state index in [0.717, 1.165) is 0 Å². The molecule has 0 radical (unpaired) electrons. The van der Waals surface area contributed by atoms with Gasteiger partial charge in [-0.1, -0.05) is 29.8 Å². The van der Waals surface area contributed by atoms with Crippen molar-refractivity contribution in [3.05, 3.63) is 34.6 Å². The maximum Gasteiger partial charge on any atom is 0.257 e. The maximum atomic E-state index is 13.4. The van der Waals surface area contributed by atoms with E-state index in [1.165, 1.54) is 0 Å². The minimum Gasteiger partial charge on any atom is -0.351 e. The molecule has 0 aromatic heterocycles. The molecule has 1 aromatic rings. The van der Waals surface area contributed by atoms with E-state index < -0.39 is 46.0 Å². The number of carbonyl (C=O) groups is 1. The molecular weight excluding hydrogens is 361 g/mol. The Labute approximate surface area is 126 Å². The van der Waals surface area contributed by atoms with Gasteiger partial charge in [-0.15, -0.1) is 0 Å². The predicted molar refractivity (Wildman–Crippen MR) is 70.8 cm³/mol. The summed E-state index contributed by atoms with van der Waals surface area (Å²) < 4.78 is 65.8. The summed E-state index contributed by atoms with van der Waals surface area (Å²) in [5, 5.41) is 2.82. The molecular formula is C13H13BrF5NO. The van der Waals surface area contributed by atoms with Crippen molar-refractivity contribution in [1.29, 1.82) is 0 Å². The Morgan fingerprint density at radius 2 is 1.43 bits per heavy atom. The van der Waals surface area contributed by atoms with Gasteiger partial charge in [0.1, 0.15) is 5.56 Å². The van der Waals surface area contributed by atoms with E-state index in [0.29, 0.717) is 11.8 Å². The van der Waals surface area contributed by atoms with Gasteiger partial charge in [-0.3, -0.25) is 4.79 Å². The van der Waals surface area contributed by atoms with Gasteiger partial charge in [0.05, 0.1) is 0 Å². The van der Waals surface area contributed by atoms with Crippen LogP contribution in [0.5, 0.6) is 0 Å². The number of carbonyl (C=O) groups excluding carboxylic acids is 1. The molecule has 0 saturated carbocycles. The second-order valence-electron chi connectivity index (χ2n) is 5.23. The third-order valence-electron chi connectivity index (χ3n) is 2.94. The molecule has 8 heteroatoms. The fourth-order valence-electron chi connectivity index (χ4n) is 1.56. The van der Waals surface area contributed by atoms with Gasteiger partial charge in [0.15, 0.2) is 23.3 Å². The number of halogens is 6. The molecule has 0 bridgehead atoms. The van der Waals surface area contributed by atoms with Crippen LogP contribution in [-0.4, -0.2) is 17.8 Å². The zero-order valence-electron chi connectivity index (χ0n) is 11.3. The van der Waals surface area contributed by atoms with E-state index in [1.807, 2.05) is 0 Å². The molecule has 0 saturated heterocycles. The van der Waals surface area contributed by atoms with Crippen molar-refractivity contribution >= 4 is 21.8 Å². The predicted octanol–water partition coefficient (Wildman–Crippen LogP) is 3.92. The topological polar surface area (TPSA) is 29.1 Å². The molecule has 0 aliphatic carbocycles. The molecule has 1 amide bonds. The van der Waals surface area contributed by atoms with Crippen molar-refractivity contribution in [2.45, 2.75) is 20.3 Å². The Bertz CT molecular complexity index is 533. The first-order valence-corrected chi connectivity index (χ1v) is 7.10. The second-order valence-corrected chi connectivity index (χ2v) is 6.02. The number of nitrogens with one attached hydrogen (secondary N) is 1. The number of alkyl halides is 1. The van der Waals surface area contributed by atoms with E-state index in [-0.39, 0.29) is 6.54 Å². The largest absolute Gasteiger partial charge is 0.351 e. The molecule has 2 nitrogen and oxygen atoms in total. The molecule has 118 valence electrons. The van der Waals surface area contributed by atoms with E-state index in [4.69, 9.17) is 0 Å². The van der Waals surface area contributed by atoms with Crippen LogP contribution in [0.1, 0.15) is 30.6 Å². The molecule has 0 aliphatic heterocycles. The van der Waals surface area contributed by atoms with Crippen molar-refractivity contribution in [3.63, 3.8) is 0 Å². The summed E-state index contributed by atoms with van der Waals surface area (Å²) >= 11 is 3.21. The zero-order chi connectivity index (χ0) is 16.4. The Balaban J connectivity index is 3.04. The Kier molecular flexibility index (Phi) is 5.72. The summed E-state index contributed by atoms with van der Waals surface area (Å²) in [6.45, 7) is 3.59. The first-order valence-electron chi connectivity index (χ1n) is 5.98. The molecule has 1 N–H and O–H groups in total. The van der Waals surface area contributed by atoms with Gasteiger partial charge in [0.25, 0.3) is 5.91 Å². The van der Waals surface area contributed by atoms with Gasteiger partial charge in [-0.05, 0) is 11.8 Å². The van der Waals surface area contributed by atoms with Crippen LogP contribution in [0.25, 0.3) is 0 Å². The lowest BCUT2D eigenvalue weighted by molar-refractivity contribution is 0.0924. The van der Waals surface area contributed by atoms with Gasteiger partial charge in [-0.2, -0.15) is 0 Å². The average molecular weight is 374 g/mol. The van der Waals surface area contributed by atoms with Crippen LogP contribution < -0.4 is 5.32 Å². The molecule has 0 spiro atoms. The van der Waals surface area contributed by atoms with Crippen molar-refractivity contribution in [1.82, 2.24) is 5.32 Å². The summed E-state index contributed by atoms with van der Waals surface area (Å²) in [7, 11) is 0. The molecule has 0 unspecified atom stereocenters. The van der Waals surface area contributed by atoms with Crippen LogP contribution in [-0.2, 0) is 0 Å². The normalized spacial score (nSPS) is 11.6. The SMILES string of the molecule is CC(C)(CCBr)CNC(=O)c1c(F)c(F)c(F)c(F)c1F. The average Bonchev–Trinajstić information content (AvgIpc) is 2.41. The van der Waals surface area contributed by atoms with Gasteiger partial charge < -0.3 is 5.32 Å². The minimum absolute atomic E-state index is 0.0247. The number of benzene rings is 1. The number of hydrogen-bond donors (Lipinski definition) is 1. The molecule has 0 heterocycles. The number of hydrogen-bond acceptors (Lipinski definition) is 1. The molecule has 0 aliphatic rings. The molecule has 21 heavy (non-hydrogen) atoms. The van der Waals surface area contributed by atoms with Crippen LogP contribution >= 0.6 is 15.9 Å². The van der Waals surface area contributed by atoms with Crippen molar-refractivity contribution in [3.8, 4) is 0 Å². The highest BCUT2D eigenvalue weighted by Crippen LogP contribution is 2.24. The van der Waals surface area contributed by atoms with E-state index >= 15 is 0 Å². The quantitative estimate of drug-likeness (QED) is 0.360. The molecule has 1 rings (SSSR count). The van der Waals surface area contributed by atoms with Gasteiger partial charge in [0.2, 0.25) is 5.82 Å². The van der Waals surface area contributed by atoms with Crippen molar-refractivity contribution < 1.29 is 26.7 Å². The third kappa shape index (κ3) is 3.93. The zero-order valence-corrected chi connectivity index (χ0v) is 12.9. The Morgan fingerprint density at radius 1 is 1.00 bits per heavy atom. The Hall–Kier alpha value is -1.18. The maximum absolute atomic E-state index is 13.4. The minimum atomic E-state index is -2.29. The van der Waals surface area contributed by atoms with Crippen LogP contribution in [0, 0.1) is 34.5 Å². The number of amides is 1. The summed E-state index contributed by atoms with van der Waals surface area (Å²) in [6.07, 6.45) is 0.643. The third-order valence-corrected chi connectivity index (χ3v) is 3.33. The molecule has 0 fully saturated rings. The second kappa shape index (κ2) is 6.72. The van der Waals surface area contributed by atoms with E-state index in [1.54, 1.807) is 13.8 Å². The van der Waals surface area contributed by atoms with Gasteiger partial charge in [0, 0.05) is 11.9 Å². The van der Waals surface area contributed by atoms with Gasteiger partial charge >= 0.3 is 0 Å². The first kappa shape index (κ1) is 17.9. The van der Waals surface area contributed by atoms with Crippen LogP contribution in [0.3, 0.4) is 0 Å². The summed E-state index contributed by atoms with van der Waals surface area (Å²) in [4.78, 5) is 11.7. The van der Waals surface area contributed by atoms with Crippen LogP contribution in [0.2, 0.25) is 0 Å². The van der Waals surface area contributed by atoms with Gasteiger partial charge in [-0.25, -0.2) is 22.0 Å². The standard InChI is InChI=1S/C13H13BrF5NO/c1-13(2,3-4-14)5-20-12(21)6-7(15)9(17)11(19)10(18)8(6)16/h3-5H2,1-2H3,(H,20,21). The summed E-state index contributed by atoms with van der Waals surface area (Å²) in [5.41, 5.74) is -1.87. The molecule has 0 atom stereocenters. The Morgan fingerprint density at radius 3 is 1.86 bits per heavy atom. The first-order chi connectivity index (χ1) is 9.62. The monoisotopic (exact) mass is 373 g/mol. The molecule has 1 aromatic carbocycles. The van der Waals surface area contributed by atoms with E-state index in [2.05, 4.69) is 21.2 Å². The summed E-state index contributed by atoms with van der Waals surface area (Å²) in [5.74, 6) is -12.2. The smallest absolute Gasteiger partial charge is 0.257 e. The van der Waals surface area contributed by atoms with Crippen molar-refractivity contribution in [2.75, 3.05) is 11.9 Å². The lowest BCUT2D eigenvalue weighted by atomic mass is 9.90. The van der Waals surface area contributed by atoms with Crippen LogP contribution in [0.4, 0.5) is 22.0 Å². The summed E-state index contributed by atoms with van der Waals surface area (Å²) in [6, 6.07) is 0. The highest BCUT2D eigenvalue weighted by atomic mass is 79.9.